The molecular formula is C24H25F3N4O3. The number of imide groups is 1. The van der Waals surface area contributed by atoms with Crippen LogP contribution in [0.3, 0.4) is 0 Å². The van der Waals surface area contributed by atoms with Gasteiger partial charge in [-0.15, -0.1) is 0 Å². The van der Waals surface area contributed by atoms with Gasteiger partial charge in [0.05, 0.1) is 17.3 Å². The van der Waals surface area contributed by atoms with Gasteiger partial charge >= 0.3 is 12.2 Å². The van der Waals surface area contributed by atoms with Crippen molar-refractivity contribution in [1.82, 2.24) is 20.1 Å². The summed E-state index contributed by atoms with van der Waals surface area (Å²) in [5.74, 6) is -0.434. The van der Waals surface area contributed by atoms with Gasteiger partial charge in [0.15, 0.2) is 0 Å². The second kappa shape index (κ2) is 9.82. The minimum Gasteiger partial charge on any atom is -0.337 e. The smallest absolute Gasteiger partial charge is 0.337 e. The maximum absolute atomic E-state index is 12.9. The van der Waals surface area contributed by atoms with Crippen LogP contribution < -0.4 is 5.32 Å². The number of nitrogens with zero attached hydrogens (tertiary/aromatic N) is 3. The molecular weight excluding hydrogens is 449 g/mol. The number of hydrogen-bond acceptors (Lipinski definition) is 4. The molecule has 0 saturated carbocycles. The molecule has 3 heterocycles. The molecule has 0 radical (unpaired) electrons. The first-order valence-electron chi connectivity index (χ1n) is 11.2. The van der Waals surface area contributed by atoms with E-state index in [0.29, 0.717) is 30.8 Å². The summed E-state index contributed by atoms with van der Waals surface area (Å²) in [4.78, 5) is 44.2. The number of pyridine rings is 1. The van der Waals surface area contributed by atoms with E-state index in [4.69, 9.17) is 0 Å². The zero-order valence-corrected chi connectivity index (χ0v) is 18.5. The van der Waals surface area contributed by atoms with Crippen LogP contribution in [0.2, 0.25) is 0 Å². The van der Waals surface area contributed by atoms with Gasteiger partial charge in [0, 0.05) is 44.6 Å². The second-order valence-electron chi connectivity index (χ2n) is 8.45. The third kappa shape index (κ3) is 5.37. The zero-order valence-electron chi connectivity index (χ0n) is 18.5. The standard InChI is InChI=1S/C24H25F3N4O3/c25-24(26,27)17-8-6-16(7-9-17)15-18-3-1-4-19(29-18)20-5-2-13-30(20)22(33)11-14-31-21(32)10-12-28-23(31)34/h1,3-4,6-9,20H,2,5,10-15H2,(H,28,34)/t20-/m1/s1. The van der Waals surface area contributed by atoms with E-state index >= 15 is 0 Å². The Balaban J connectivity index is 1.41. The van der Waals surface area contributed by atoms with Crippen molar-refractivity contribution in [2.75, 3.05) is 19.6 Å². The molecule has 4 amide bonds. The molecule has 2 aliphatic rings. The number of likely N-dealkylation sites (tertiary alicyclic amines) is 1. The van der Waals surface area contributed by atoms with Crippen LogP contribution in [0.15, 0.2) is 42.5 Å². The number of halogens is 3. The Morgan fingerprint density at radius 1 is 1.12 bits per heavy atom. The van der Waals surface area contributed by atoms with Crippen LogP contribution in [0.5, 0.6) is 0 Å². The highest BCUT2D eigenvalue weighted by atomic mass is 19.4. The SMILES string of the molecule is O=C1CCNC(=O)N1CCC(=O)N1CCC[C@@H]1c1cccc(Cc2ccc(C(F)(F)F)cc2)n1. The number of nitrogens with one attached hydrogen (secondary N) is 1. The van der Waals surface area contributed by atoms with Gasteiger partial charge in [0.2, 0.25) is 11.8 Å². The Bertz CT molecular complexity index is 1060. The Labute approximate surface area is 194 Å². The maximum Gasteiger partial charge on any atom is 0.416 e. The minimum atomic E-state index is -4.37. The van der Waals surface area contributed by atoms with Crippen molar-refractivity contribution in [3.63, 3.8) is 0 Å². The summed E-state index contributed by atoms with van der Waals surface area (Å²) in [6.45, 7) is 0.910. The van der Waals surface area contributed by atoms with Crippen molar-refractivity contribution in [1.29, 1.82) is 0 Å². The predicted octanol–water partition coefficient (Wildman–Crippen LogP) is 3.69. The number of amides is 4. The summed E-state index contributed by atoms with van der Waals surface area (Å²) >= 11 is 0. The lowest BCUT2D eigenvalue weighted by molar-refractivity contribution is -0.137. The van der Waals surface area contributed by atoms with Gasteiger partial charge in [0.25, 0.3) is 0 Å². The third-order valence-electron chi connectivity index (χ3n) is 6.12. The molecule has 1 aromatic heterocycles. The van der Waals surface area contributed by atoms with Crippen LogP contribution >= 0.6 is 0 Å². The average molecular weight is 474 g/mol. The maximum atomic E-state index is 12.9. The topological polar surface area (TPSA) is 82.6 Å². The third-order valence-corrected chi connectivity index (χ3v) is 6.12. The van der Waals surface area contributed by atoms with Crippen LogP contribution in [0.25, 0.3) is 0 Å². The lowest BCUT2D eigenvalue weighted by atomic mass is 10.1. The van der Waals surface area contributed by atoms with Gasteiger partial charge < -0.3 is 10.2 Å². The Morgan fingerprint density at radius 3 is 2.59 bits per heavy atom. The molecule has 0 aliphatic carbocycles. The molecule has 1 atom stereocenters. The number of aromatic nitrogens is 1. The quantitative estimate of drug-likeness (QED) is 0.693. The fourth-order valence-corrected chi connectivity index (χ4v) is 4.37. The molecule has 2 saturated heterocycles. The van der Waals surface area contributed by atoms with E-state index in [1.54, 1.807) is 4.90 Å². The number of carbonyl (C=O) groups is 3. The first-order chi connectivity index (χ1) is 16.2. The van der Waals surface area contributed by atoms with E-state index in [0.717, 1.165) is 35.6 Å². The highest BCUT2D eigenvalue weighted by molar-refractivity contribution is 5.97. The predicted molar refractivity (Wildman–Crippen MR) is 117 cm³/mol. The molecule has 2 aromatic rings. The van der Waals surface area contributed by atoms with E-state index in [1.165, 1.54) is 12.1 Å². The Kier molecular flexibility index (Phi) is 6.85. The molecule has 2 aliphatic heterocycles. The van der Waals surface area contributed by atoms with Gasteiger partial charge in [-0.3, -0.25) is 19.5 Å². The van der Waals surface area contributed by atoms with E-state index < -0.39 is 17.8 Å². The van der Waals surface area contributed by atoms with E-state index in [2.05, 4.69) is 10.3 Å². The van der Waals surface area contributed by atoms with Crippen molar-refractivity contribution >= 4 is 17.8 Å². The minimum absolute atomic E-state index is 0.0358. The molecule has 2 fully saturated rings. The van der Waals surface area contributed by atoms with Crippen molar-refractivity contribution in [3.8, 4) is 0 Å². The van der Waals surface area contributed by atoms with Crippen LogP contribution in [-0.4, -0.2) is 52.3 Å². The summed E-state index contributed by atoms with van der Waals surface area (Å²) in [5.41, 5.74) is 1.44. The van der Waals surface area contributed by atoms with Crippen LogP contribution in [-0.2, 0) is 22.2 Å². The fourth-order valence-electron chi connectivity index (χ4n) is 4.37. The fraction of sp³-hybridized carbons (Fsp3) is 0.417. The van der Waals surface area contributed by atoms with Crippen LogP contribution in [0.4, 0.5) is 18.0 Å². The van der Waals surface area contributed by atoms with E-state index in [1.807, 2.05) is 18.2 Å². The van der Waals surface area contributed by atoms with Crippen molar-refractivity contribution in [2.45, 2.75) is 44.3 Å². The normalized spacial score (nSPS) is 18.9. The van der Waals surface area contributed by atoms with Gasteiger partial charge in [-0.1, -0.05) is 18.2 Å². The van der Waals surface area contributed by atoms with Gasteiger partial charge in [0.1, 0.15) is 0 Å². The number of benzene rings is 1. The summed E-state index contributed by atoms with van der Waals surface area (Å²) in [6, 6.07) is 9.80. The van der Waals surface area contributed by atoms with Crippen LogP contribution in [0, 0.1) is 0 Å². The first-order valence-corrected chi connectivity index (χ1v) is 11.2. The lowest BCUT2D eigenvalue weighted by Crippen LogP contribution is -2.50. The number of alkyl halides is 3. The highest BCUT2D eigenvalue weighted by Gasteiger charge is 2.33. The molecule has 0 bridgehead atoms. The van der Waals surface area contributed by atoms with Gasteiger partial charge in [-0.25, -0.2) is 4.79 Å². The first kappa shape index (κ1) is 23.7. The summed E-state index contributed by atoms with van der Waals surface area (Å²) in [7, 11) is 0. The summed E-state index contributed by atoms with van der Waals surface area (Å²) in [5, 5.41) is 2.60. The number of rotatable bonds is 6. The van der Waals surface area contributed by atoms with Gasteiger partial charge in [-0.05, 0) is 42.7 Å². The second-order valence-corrected chi connectivity index (χ2v) is 8.45. The van der Waals surface area contributed by atoms with E-state index in [-0.39, 0.29) is 37.2 Å². The van der Waals surface area contributed by atoms with E-state index in [9.17, 15) is 27.6 Å². The van der Waals surface area contributed by atoms with Crippen molar-refractivity contribution in [3.05, 3.63) is 65.0 Å². The zero-order chi connectivity index (χ0) is 24.3. The molecule has 1 N–H and O–H groups in total. The molecule has 1 aromatic carbocycles. The molecule has 0 unspecified atom stereocenters. The molecule has 4 rings (SSSR count). The largest absolute Gasteiger partial charge is 0.416 e. The molecule has 34 heavy (non-hydrogen) atoms. The number of carbonyl (C=O) groups excluding carboxylic acids is 3. The Morgan fingerprint density at radius 2 is 1.88 bits per heavy atom. The summed E-state index contributed by atoms with van der Waals surface area (Å²) < 4.78 is 38.4. The monoisotopic (exact) mass is 474 g/mol. The van der Waals surface area contributed by atoms with Crippen molar-refractivity contribution < 1.29 is 27.6 Å². The molecule has 180 valence electrons. The lowest BCUT2D eigenvalue weighted by Gasteiger charge is -2.28. The summed E-state index contributed by atoms with van der Waals surface area (Å²) in [6.07, 6.45) is -2.18. The number of urea groups is 1. The van der Waals surface area contributed by atoms with Crippen molar-refractivity contribution in [2.24, 2.45) is 0 Å². The molecule has 0 spiro atoms. The molecule has 7 nitrogen and oxygen atoms in total. The van der Waals surface area contributed by atoms with Crippen LogP contribution in [0.1, 0.15) is 54.2 Å². The highest BCUT2D eigenvalue weighted by Crippen LogP contribution is 2.32. The molecule has 10 heteroatoms. The Hall–Kier alpha value is -3.43. The van der Waals surface area contributed by atoms with Gasteiger partial charge in [-0.2, -0.15) is 13.2 Å². The average Bonchev–Trinajstić information content (AvgIpc) is 3.29. The number of hydrogen-bond donors (Lipinski definition) is 1.